The van der Waals surface area contributed by atoms with Gasteiger partial charge in [-0.2, -0.15) is 0 Å². The number of aryl methyl sites for hydroxylation is 1. The third-order valence-corrected chi connectivity index (χ3v) is 4.12. The molecule has 0 unspecified atom stereocenters. The van der Waals surface area contributed by atoms with Crippen molar-refractivity contribution in [3.05, 3.63) is 56.4 Å². The van der Waals surface area contributed by atoms with Gasteiger partial charge in [0, 0.05) is 15.5 Å². The first kappa shape index (κ1) is 17.7. The maximum atomic E-state index is 12.6. The predicted molar refractivity (Wildman–Crippen MR) is 95.9 cm³/mol. The zero-order valence-electron chi connectivity index (χ0n) is 13.9. The summed E-state index contributed by atoms with van der Waals surface area (Å²) < 4.78 is 6.40. The van der Waals surface area contributed by atoms with Crippen molar-refractivity contribution in [2.24, 2.45) is 5.41 Å². The molecule has 2 aromatic rings. The molecule has 0 amide bonds. The summed E-state index contributed by atoms with van der Waals surface area (Å²) in [4.78, 5) is 25.1. The van der Waals surface area contributed by atoms with Crippen molar-refractivity contribution in [1.29, 1.82) is 0 Å². The number of rotatable bonds is 4. The third-order valence-electron chi connectivity index (χ3n) is 3.59. The largest absolute Gasteiger partial charge is 0.422 e. The van der Waals surface area contributed by atoms with E-state index in [2.05, 4.69) is 15.9 Å². The van der Waals surface area contributed by atoms with E-state index in [0.29, 0.717) is 12.2 Å². The van der Waals surface area contributed by atoms with Crippen molar-refractivity contribution < 1.29 is 9.21 Å². The molecule has 122 valence electrons. The lowest BCUT2D eigenvalue weighted by Gasteiger charge is -2.18. The van der Waals surface area contributed by atoms with Crippen molar-refractivity contribution in [3.63, 3.8) is 0 Å². The van der Waals surface area contributed by atoms with Crippen molar-refractivity contribution >= 4 is 21.7 Å². The molecule has 0 N–H and O–H groups in total. The molecule has 0 radical (unpaired) electrons. The van der Waals surface area contributed by atoms with Crippen LogP contribution < -0.4 is 5.63 Å². The van der Waals surface area contributed by atoms with Gasteiger partial charge in [0.25, 0.3) is 0 Å². The molecule has 3 nitrogen and oxygen atoms in total. The molecule has 2 rings (SSSR count). The van der Waals surface area contributed by atoms with E-state index in [1.807, 2.05) is 58.0 Å². The fourth-order valence-electron chi connectivity index (χ4n) is 2.38. The molecule has 23 heavy (non-hydrogen) atoms. The van der Waals surface area contributed by atoms with Gasteiger partial charge in [-0.1, -0.05) is 62.2 Å². The average molecular weight is 377 g/mol. The highest BCUT2D eigenvalue weighted by Gasteiger charge is 2.29. The lowest BCUT2D eigenvalue weighted by Crippen LogP contribution is -2.28. The van der Waals surface area contributed by atoms with Gasteiger partial charge in [0.15, 0.2) is 5.78 Å². The first-order valence-corrected chi connectivity index (χ1v) is 8.51. The molecule has 0 aliphatic rings. The van der Waals surface area contributed by atoms with E-state index < -0.39 is 11.0 Å². The van der Waals surface area contributed by atoms with Crippen molar-refractivity contribution in [3.8, 4) is 11.3 Å². The number of benzene rings is 1. The van der Waals surface area contributed by atoms with Gasteiger partial charge < -0.3 is 4.42 Å². The van der Waals surface area contributed by atoms with Crippen LogP contribution in [-0.4, -0.2) is 5.78 Å². The molecule has 1 aromatic carbocycles. The Morgan fingerprint density at radius 3 is 2.30 bits per heavy atom. The summed E-state index contributed by atoms with van der Waals surface area (Å²) in [5.74, 6) is 0.327. The highest BCUT2D eigenvalue weighted by Crippen LogP contribution is 2.26. The highest BCUT2D eigenvalue weighted by molar-refractivity contribution is 9.10. The lowest BCUT2D eigenvalue weighted by atomic mass is 9.84. The Labute approximate surface area is 144 Å². The molecular formula is C19H21BrO3. The normalized spacial score (nSPS) is 11.5. The van der Waals surface area contributed by atoms with E-state index in [9.17, 15) is 9.59 Å². The first-order valence-electron chi connectivity index (χ1n) is 7.71. The zero-order chi connectivity index (χ0) is 17.2. The van der Waals surface area contributed by atoms with Crippen molar-refractivity contribution in [2.75, 3.05) is 0 Å². The number of carbonyl (C=O) groups is 1. The Morgan fingerprint density at radius 1 is 1.17 bits per heavy atom. The standard InChI is InChI=1S/C19H21BrO3/c1-5-6-13-11-15(12-7-9-14(20)10-8-12)23-18(22)16(13)17(21)19(2,3)4/h7-11H,5-6H2,1-4H3. The Kier molecular flexibility index (Phi) is 5.25. The van der Waals surface area contributed by atoms with E-state index in [1.165, 1.54) is 0 Å². The first-order chi connectivity index (χ1) is 10.7. The van der Waals surface area contributed by atoms with Gasteiger partial charge in [0.1, 0.15) is 11.3 Å². The maximum Gasteiger partial charge on any atom is 0.347 e. The minimum absolute atomic E-state index is 0.169. The van der Waals surface area contributed by atoms with Gasteiger partial charge in [-0.3, -0.25) is 4.79 Å². The second kappa shape index (κ2) is 6.83. The van der Waals surface area contributed by atoms with Gasteiger partial charge in [-0.25, -0.2) is 4.79 Å². The van der Waals surface area contributed by atoms with Crippen LogP contribution in [0.3, 0.4) is 0 Å². The molecule has 0 bridgehead atoms. The summed E-state index contributed by atoms with van der Waals surface area (Å²) in [6.07, 6.45) is 1.53. The van der Waals surface area contributed by atoms with Crippen LogP contribution in [0.25, 0.3) is 11.3 Å². The zero-order valence-corrected chi connectivity index (χ0v) is 15.5. The Hall–Kier alpha value is -1.68. The smallest absolute Gasteiger partial charge is 0.347 e. The summed E-state index contributed by atoms with van der Waals surface area (Å²) in [7, 11) is 0. The fraction of sp³-hybridized carbons (Fsp3) is 0.368. The van der Waals surface area contributed by atoms with Gasteiger partial charge in [-0.05, 0) is 30.2 Å². The monoisotopic (exact) mass is 376 g/mol. The second-order valence-corrected chi connectivity index (χ2v) is 7.55. The Balaban J connectivity index is 2.61. The highest BCUT2D eigenvalue weighted by atomic mass is 79.9. The Bertz CT molecular complexity index is 765. The van der Waals surface area contributed by atoms with Crippen molar-refractivity contribution in [1.82, 2.24) is 0 Å². The lowest BCUT2D eigenvalue weighted by molar-refractivity contribution is 0.0853. The summed E-state index contributed by atoms with van der Waals surface area (Å²) in [6.45, 7) is 7.46. The number of ketones is 1. The predicted octanol–water partition coefficient (Wildman–Crippen LogP) is 5.25. The second-order valence-electron chi connectivity index (χ2n) is 6.63. The average Bonchev–Trinajstić information content (AvgIpc) is 2.46. The van der Waals surface area contributed by atoms with Crippen LogP contribution in [0.4, 0.5) is 0 Å². The molecule has 1 heterocycles. The van der Waals surface area contributed by atoms with E-state index in [1.54, 1.807) is 0 Å². The molecular weight excluding hydrogens is 356 g/mol. The topological polar surface area (TPSA) is 47.3 Å². The molecule has 0 saturated carbocycles. The molecule has 0 saturated heterocycles. The van der Waals surface area contributed by atoms with E-state index >= 15 is 0 Å². The third kappa shape index (κ3) is 3.99. The van der Waals surface area contributed by atoms with Crippen LogP contribution in [0.5, 0.6) is 0 Å². The molecule has 0 spiro atoms. The van der Waals surface area contributed by atoms with E-state index in [0.717, 1.165) is 22.0 Å². The van der Waals surface area contributed by atoms with Crippen LogP contribution in [0.1, 0.15) is 50.0 Å². The van der Waals surface area contributed by atoms with Crippen LogP contribution >= 0.6 is 15.9 Å². The summed E-state index contributed by atoms with van der Waals surface area (Å²) >= 11 is 3.39. The summed E-state index contributed by atoms with van der Waals surface area (Å²) in [6, 6.07) is 9.37. The summed E-state index contributed by atoms with van der Waals surface area (Å²) in [5, 5.41) is 0. The van der Waals surface area contributed by atoms with Gasteiger partial charge in [-0.15, -0.1) is 0 Å². The van der Waals surface area contributed by atoms with Gasteiger partial charge in [0.2, 0.25) is 0 Å². The molecule has 0 fully saturated rings. The fourth-order valence-corrected chi connectivity index (χ4v) is 2.64. The van der Waals surface area contributed by atoms with Gasteiger partial charge in [0.05, 0.1) is 0 Å². The summed E-state index contributed by atoms with van der Waals surface area (Å²) in [5.41, 5.74) is 0.615. The Morgan fingerprint density at radius 2 is 1.78 bits per heavy atom. The maximum absolute atomic E-state index is 12.6. The van der Waals surface area contributed by atoms with Crippen LogP contribution in [0.2, 0.25) is 0 Å². The van der Waals surface area contributed by atoms with E-state index in [4.69, 9.17) is 4.42 Å². The SMILES string of the molecule is CCCc1cc(-c2ccc(Br)cc2)oc(=O)c1C(=O)C(C)(C)C. The molecule has 0 atom stereocenters. The van der Waals surface area contributed by atoms with Crippen LogP contribution in [0.15, 0.2) is 44.0 Å². The van der Waals surface area contributed by atoms with Crippen molar-refractivity contribution in [2.45, 2.75) is 40.5 Å². The molecule has 1 aromatic heterocycles. The number of Topliss-reactive ketones (excluding diaryl/α,β-unsaturated/α-hetero) is 1. The quantitative estimate of drug-likeness (QED) is 0.684. The molecule has 0 aliphatic heterocycles. The number of hydrogen-bond donors (Lipinski definition) is 0. The number of carbonyl (C=O) groups excluding carboxylic acids is 1. The minimum Gasteiger partial charge on any atom is -0.422 e. The molecule has 0 aliphatic carbocycles. The van der Waals surface area contributed by atoms with Crippen LogP contribution in [0, 0.1) is 5.41 Å². The minimum atomic E-state index is -0.615. The molecule has 4 heteroatoms. The van der Waals surface area contributed by atoms with Crippen LogP contribution in [-0.2, 0) is 6.42 Å². The number of halogens is 1. The number of hydrogen-bond acceptors (Lipinski definition) is 3. The van der Waals surface area contributed by atoms with Gasteiger partial charge >= 0.3 is 5.63 Å². The van der Waals surface area contributed by atoms with E-state index in [-0.39, 0.29) is 11.3 Å².